The van der Waals surface area contributed by atoms with Crippen molar-refractivity contribution >= 4 is 5.91 Å². The normalized spacial score (nSPS) is 13.2. The molecule has 0 saturated heterocycles. The maximum absolute atomic E-state index is 13.0. The quantitative estimate of drug-likeness (QED) is 0.792. The van der Waals surface area contributed by atoms with Crippen LogP contribution in [-0.4, -0.2) is 12.5 Å². The van der Waals surface area contributed by atoms with Crippen molar-refractivity contribution in [1.82, 2.24) is 5.32 Å². The van der Waals surface area contributed by atoms with E-state index in [1.807, 2.05) is 6.92 Å². The highest BCUT2D eigenvalue weighted by Gasteiger charge is 2.35. The molecule has 0 saturated carbocycles. The Morgan fingerprint density at radius 3 is 2.55 bits per heavy atom. The lowest BCUT2D eigenvalue weighted by molar-refractivity contribution is -0.139. The Bertz CT molecular complexity index is 474. The van der Waals surface area contributed by atoms with Gasteiger partial charge in [-0.05, 0) is 30.7 Å². The van der Waals surface area contributed by atoms with Gasteiger partial charge in [0.1, 0.15) is 5.82 Å². The predicted octanol–water partition coefficient (Wildman–Crippen LogP) is 2.76. The molecule has 0 fully saturated rings. The lowest BCUT2D eigenvalue weighted by atomic mass is 9.97. The molecule has 112 valence electrons. The summed E-state index contributed by atoms with van der Waals surface area (Å²) in [5.74, 6) is -1.70. The first-order valence-corrected chi connectivity index (χ1v) is 6.14. The molecule has 1 atom stereocenters. The number of alkyl halides is 3. The number of rotatable bonds is 6. The van der Waals surface area contributed by atoms with Gasteiger partial charge in [0.25, 0.3) is 0 Å². The van der Waals surface area contributed by atoms with Gasteiger partial charge >= 0.3 is 6.18 Å². The van der Waals surface area contributed by atoms with Crippen LogP contribution >= 0.6 is 0 Å². The molecule has 0 aliphatic carbocycles. The number of halogens is 4. The fraction of sp³-hybridized carbons (Fsp3) is 0.462. The zero-order valence-electron chi connectivity index (χ0n) is 10.9. The van der Waals surface area contributed by atoms with E-state index in [0.29, 0.717) is 19.0 Å². The molecular formula is C13H16F4N2O. The third kappa shape index (κ3) is 4.48. The Balaban J connectivity index is 3.20. The zero-order chi connectivity index (χ0) is 15.3. The summed E-state index contributed by atoms with van der Waals surface area (Å²) < 4.78 is 51.9. The van der Waals surface area contributed by atoms with Crippen LogP contribution in [0.3, 0.4) is 0 Å². The Morgan fingerprint density at radius 1 is 1.40 bits per heavy atom. The summed E-state index contributed by atoms with van der Waals surface area (Å²) in [7, 11) is 0. The predicted molar refractivity (Wildman–Crippen MR) is 66.2 cm³/mol. The van der Waals surface area contributed by atoms with Crippen molar-refractivity contribution in [3.05, 3.63) is 35.1 Å². The van der Waals surface area contributed by atoms with Gasteiger partial charge in [0.2, 0.25) is 5.91 Å². The smallest absolute Gasteiger partial charge is 0.370 e. The fourth-order valence-electron chi connectivity index (χ4n) is 1.89. The third-order valence-electron chi connectivity index (χ3n) is 2.74. The average Bonchev–Trinajstić information content (AvgIpc) is 2.33. The standard InChI is InChI=1S/C13H16F4N2O/c1-2-5-19-11(7-12(18)20)9-4-3-8(14)6-10(9)13(15,16)17/h3-4,6,11,19H,2,5,7H2,1H3,(H2,18,20). The number of carbonyl (C=O) groups excluding carboxylic acids is 1. The maximum Gasteiger partial charge on any atom is 0.416 e. The molecule has 0 aliphatic heterocycles. The molecule has 1 amide bonds. The van der Waals surface area contributed by atoms with Crippen LogP contribution in [-0.2, 0) is 11.0 Å². The van der Waals surface area contributed by atoms with Gasteiger partial charge in [0, 0.05) is 12.5 Å². The van der Waals surface area contributed by atoms with Gasteiger partial charge in [-0.25, -0.2) is 4.39 Å². The monoisotopic (exact) mass is 292 g/mol. The number of primary amides is 1. The minimum absolute atomic E-state index is 0.175. The van der Waals surface area contributed by atoms with Crippen LogP contribution < -0.4 is 11.1 Å². The SMILES string of the molecule is CCCNC(CC(N)=O)c1ccc(F)cc1C(F)(F)F. The summed E-state index contributed by atoms with van der Waals surface area (Å²) in [6.07, 6.45) is -4.30. The average molecular weight is 292 g/mol. The Kier molecular flexibility index (Phi) is 5.50. The van der Waals surface area contributed by atoms with E-state index in [4.69, 9.17) is 5.73 Å². The van der Waals surface area contributed by atoms with Gasteiger partial charge in [0.05, 0.1) is 5.56 Å². The maximum atomic E-state index is 13.0. The number of nitrogens with two attached hydrogens (primary N) is 1. The highest BCUT2D eigenvalue weighted by molar-refractivity contribution is 5.74. The van der Waals surface area contributed by atoms with E-state index < -0.39 is 29.5 Å². The van der Waals surface area contributed by atoms with E-state index in [0.717, 1.165) is 12.1 Å². The first kappa shape index (κ1) is 16.4. The van der Waals surface area contributed by atoms with Crippen molar-refractivity contribution in [1.29, 1.82) is 0 Å². The molecular weight excluding hydrogens is 276 g/mol. The number of nitrogens with one attached hydrogen (secondary N) is 1. The molecule has 0 aliphatic rings. The number of hydrogen-bond acceptors (Lipinski definition) is 2. The summed E-state index contributed by atoms with van der Waals surface area (Å²) in [5.41, 5.74) is 3.79. The summed E-state index contributed by atoms with van der Waals surface area (Å²) >= 11 is 0. The van der Waals surface area contributed by atoms with E-state index >= 15 is 0 Å². The van der Waals surface area contributed by atoms with Crippen LogP contribution in [0.4, 0.5) is 17.6 Å². The van der Waals surface area contributed by atoms with Crippen molar-refractivity contribution in [2.75, 3.05) is 6.54 Å². The van der Waals surface area contributed by atoms with Gasteiger partial charge in [0.15, 0.2) is 0 Å². The van der Waals surface area contributed by atoms with Gasteiger partial charge in [-0.1, -0.05) is 13.0 Å². The van der Waals surface area contributed by atoms with E-state index in [2.05, 4.69) is 5.32 Å². The number of amides is 1. The molecule has 1 aromatic rings. The summed E-state index contributed by atoms with van der Waals surface area (Å²) in [4.78, 5) is 11.0. The van der Waals surface area contributed by atoms with Gasteiger partial charge in [-0.2, -0.15) is 13.2 Å². The van der Waals surface area contributed by atoms with Crippen molar-refractivity contribution in [2.24, 2.45) is 5.73 Å². The first-order valence-electron chi connectivity index (χ1n) is 6.14. The van der Waals surface area contributed by atoms with E-state index in [9.17, 15) is 22.4 Å². The van der Waals surface area contributed by atoms with Gasteiger partial charge in [-0.15, -0.1) is 0 Å². The van der Waals surface area contributed by atoms with Crippen molar-refractivity contribution in [2.45, 2.75) is 32.0 Å². The second-order valence-electron chi connectivity index (χ2n) is 4.41. The highest BCUT2D eigenvalue weighted by atomic mass is 19.4. The van der Waals surface area contributed by atoms with Crippen LogP contribution in [0.5, 0.6) is 0 Å². The van der Waals surface area contributed by atoms with Gasteiger partial charge < -0.3 is 11.1 Å². The summed E-state index contributed by atoms with van der Waals surface area (Å²) in [5, 5.41) is 2.83. The first-order chi connectivity index (χ1) is 9.25. The largest absolute Gasteiger partial charge is 0.416 e. The van der Waals surface area contributed by atoms with E-state index in [1.165, 1.54) is 0 Å². The molecule has 3 nitrogen and oxygen atoms in total. The summed E-state index contributed by atoms with van der Waals surface area (Å²) in [6.45, 7) is 2.26. The van der Waals surface area contributed by atoms with E-state index in [-0.39, 0.29) is 12.0 Å². The van der Waals surface area contributed by atoms with Crippen LogP contribution in [0, 0.1) is 5.82 Å². The molecule has 0 spiro atoms. The lowest BCUT2D eigenvalue weighted by Gasteiger charge is -2.22. The summed E-state index contributed by atoms with van der Waals surface area (Å²) in [6, 6.07) is 1.52. The van der Waals surface area contributed by atoms with Crippen LogP contribution in [0.15, 0.2) is 18.2 Å². The number of benzene rings is 1. The Labute approximate surface area is 114 Å². The molecule has 1 unspecified atom stereocenters. The fourth-order valence-corrected chi connectivity index (χ4v) is 1.89. The number of hydrogen-bond donors (Lipinski definition) is 2. The van der Waals surface area contributed by atoms with Crippen LogP contribution in [0.1, 0.15) is 36.9 Å². The third-order valence-corrected chi connectivity index (χ3v) is 2.74. The molecule has 20 heavy (non-hydrogen) atoms. The minimum atomic E-state index is -4.69. The highest BCUT2D eigenvalue weighted by Crippen LogP contribution is 2.35. The molecule has 0 radical (unpaired) electrons. The van der Waals surface area contributed by atoms with Gasteiger partial charge in [-0.3, -0.25) is 4.79 Å². The lowest BCUT2D eigenvalue weighted by Crippen LogP contribution is -2.29. The Morgan fingerprint density at radius 2 is 2.05 bits per heavy atom. The molecule has 1 aromatic carbocycles. The van der Waals surface area contributed by atoms with Crippen molar-refractivity contribution < 1.29 is 22.4 Å². The van der Waals surface area contributed by atoms with Crippen molar-refractivity contribution in [3.63, 3.8) is 0 Å². The second kappa shape index (κ2) is 6.69. The Hall–Kier alpha value is -1.63. The molecule has 1 rings (SSSR count). The molecule has 0 bridgehead atoms. The topological polar surface area (TPSA) is 55.1 Å². The molecule has 0 heterocycles. The van der Waals surface area contributed by atoms with Crippen molar-refractivity contribution in [3.8, 4) is 0 Å². The van der Waals surface area contributed by atoms with Crippen LogP contribution in [0.25, 0.3) is 0 Å². The second-order valence-corrected chi connectivity index (χ2v) is 4.41. The molecule has 0 aromatic heterocycles. The number of carbonyl (C=O) groups is 1. The minimum Gasteiger partial charge on any atom is -0.370 e. The zero-order valence-corrected chi connectivity index (χ0v) is 10.9. The molecule has 7 heteroatoms. The molecule has 3 N–H and O–H groups in total. The van der Waals surface area contributed by atoms with Crippen LogP contribution in [0.2, 0.25) is 0 Å². The van der Waals surface area contributed by atoms with E-state index in [1.54, 1.807) is 0 Å².